The molecule has 0 saturated heterocycles. The molecule has 0 aliphatic heterocycles. The van der Waals surface area contributed by atoms with Crippen molar-refractivity contribution in [1.29, 1.82) is 0 Å². The van der Waals surface area contributed by atoms with Crippen molar-refractivity contribution >= 4 is 28.1 Å². The van der Waals surface area contributed by atoms with Crippen LogP contribution in [0.4, 0.5) is 17.1 Å². The van der Waals surface area contributed by atoms with Gasteiger partial charge in [0.25, 0.3) is 0 Å². The molecule has 7 heteroatoms. The molecule has 0 atom stereocenters. The number of hydrogen-bond acceptors (Lipinski definition) is 6. The lowest BCUT2D eigenvalue weighted by atomic mass is 10.1. The Balaban J connectivity index is 2.07. The first kappa shape index (κ1) is 13.0. The van der Waals surface area contributed by atoms with Gasteiger partial charge in [0.2, 0.25) is 5.52 Å². The van der Waals surface area contributed by atoms with E-state index in [1.807, 2.05) is 32.0 Å². The first-order valence-electron chi connectivity index (χ1n) is 6.30. The second-order valence-corrected chi connectivity index (χ2v) is 4.79. The van der Waals surface area contributed by atoms with Gasteiger partial charge in [-0.25, -0.2) is 4.63 Å². The van der Waals surface area contributed by atoms with E-state index in [1.54, 1.807) is 6.07 Å². The van der Waals surface area contributed by atoms with Crippen LogP contribution >= 0.6 is 0 Å². The number of fused-ring (bicyclic) bond motifs is 1. The minimum absolute atomic E-state index is 0.127. The third-order valence-electron chi connectivity index (χ3n) is 3.24. The Kier molecular flexibility index (Phi) is 3.02. The number of rotatable bonds is 3. The summed E-state index contributed by atoms with van der Waals surface area (Å²) < 4.78 is 4.64. The summed E-state index contributed by atoms with van der Waals surface area (Å²) in [5.74, 6) is 0. The molecule has 0 aliphatic carbocycles. The monoisotopic (exact) mass is 284 g/mol. The molecule has 1 heterocycles. The molecule has 0 bridgehead atoms. The molecule has 2 aromatic carbocycles. The number of nitro benzene ring substituents is 1. The Bertz CT molecular complexity index is 841. The van der Waals surface area contributed by atoms with Gasteiger partial charge >= 0.3 is 5.69 Å². The number of nitrogens with one attached hydrogen (secondary N) is 1. The number of aryl methyl sites for hydroxylation is 2. The number of aromatic nitrogens is 2. The van der Waals surface area contributed by atoms with Gasteiger partial charge in [0, 0.05) is 11.8 Å². The van der Waals surface area contributed by atoms with Gasteiger partial charge in [0.05, 0.1) is 10.6 Å². The fourth-order valence-electron chi connectivity index (χ4n) is 2.20. The van der Waals surface area contributed by atoms with E-state index >= 15 is 0 Å². The van der Waals surface area contributed by atoms with Crippen molar-refractivity contribution < 1.29 is 9.55 Å². The van der Waals surface area contributed by atoms with Gasteiger partial charge < -0.3 is 5.32 Å². The quantitative estimate of drug-likeness (QED) is 0.584. The fourth-order valence-corrected chi connectivity index (χ4v) is 2.20. The van der Waals surface area contributed by atoms with Crippen LogP contribution in [0.15, 0.2) is 35.0 Å². The van der Waals surface area contributed by atoms with E-state index in [1.165, 1.54) is 6.07 Å². The van der Waals surface area contributed by atoms with Crippen molar-refractivity contribution in [3.63, 3.8) is 0 Å². The predicted octanol–water partition coefficient (Wildman–Crippen LogP) is 3.49. The van der Waals surface area contributed by atoms with E-state index in [9.17, 15) is 10.1 Å². The molecule has 3 aromatic rings. The Morgan fingerprint density at radius 3 is 2.52 bits per heavy atom. The van der Waals surface area contributed by atoms with E-state index in [0.29, 0.717) is 11.2 Å². The maximum atomic E-state index is 10.9. The third kappa shape index (κ3) is 2.29. The molecule has 106 valence electrons. The molecule has 0 spiro atoms. The average molecular weight is 284 g/mol. The van der Waals surface area contributed by atoms with Crippen molar-refractivity contribution in [2.45, 2.75) is 13.8 Å². The minimum Gasteiger partial charge on any atom is -0.353 e. The smallest absolute Gasteiger partial charge is 0.300 e. The Morgan fingerprint density at radius 2 is 1.81 bits per heavy atom. The lowest BCUT2D eigenvalue weighted by Gasteiger charge is -2.10. The highest BCUT2D eigenvalue weighted by atomic mass is 16.6. The topological polar surface area (TPSA) is 94.1 Å². The molecular formula is C14H12N4O3. The maximum absolute atomic E-state index is 10.9. The van der Waals surface area contributed by atoms with E-state index in [4.69, 9.17) is 0 Å². The lowest BCUT2D eigenvalue weighted by Crippen LogP contribution is -1.96. The molecule has 0 unspecified atom stereocenters. The summed E-state index contributed by atoms with van der Waals surface area (Å²) in [4.78, 5) is 10.4. The SMILES string of the molecule is Cc1ccc(Nc2ccc([N+](=O)[O-])c3nonc23)c(C)c1. The molecule has 0 radical (unpaired) electrons. The third-order valence-corrected chi connectivity index (χ3v) is 3.24. The van der Waals surface area contributed by atoms with Crippen molar-refractivity contribution in [1.82, 2.24) is 10.3 Å². The number of non-ortho nitro benzene ring substituents is 1. The zero-order valence-electron chi connectivity index (χ0n) is 11.5. The Morgan fingerprint density at radius 1 is 1.10 bits per heavy atom. The fraction of sp³-hybridized carbons (Fsp3) is 0.143. The molecular weight excluding hydrogens is 272 g/mol. The van der Waals surface area contributed by atoms with Gasteiger partial charge in [-0.1, -0.05) is 17.7 Å². The van der Waals surface area contributed by atoms with E-state index in [2.05, 4.69) is 20.3 Å². The predicted molar refractivity (Wildman–Crippen MR) is 77.7 cm³/mol. The van der Waals surface area contributed by atoms with Crippen LogP contribution in [0.3, 0.4) is 0 Å². The van der Waals surface area contributed by atoms with Gasteiger partial charge in [-0.3, -0.25) is 10.1 Å². The van der Waals surface area contributed by atoms with E-state index < -0.39 is 4.92 Å². The molecule has 0 aliphatic rings. The van der Waals surface area contributed by atoms with Gasteiger partial charge in [0.15, 0.2) is 5.52 Å². The van der Waals surface area contributed by atoms with Crippen LogP contribution in [-0.2, 0) is 0 Å². The highest BCUT2D eigenvalue weighted by Crippen LogP contribution is 2.31. The van der Waals surface area contributed by atoms with Crippen molar-refractivity contribution in [2.75, 3.05) is 5.32 Å². The van der Waals surface area contributed by atoms with E-state index in [0.717, 1.165) is 16.8 Å². The van der Waals surface area contributed by atoms with Gasteiger partial charge in [0.1, 0.15) is 0 Å². The zero-order chi connectivity index (χ0) is 15.0. The number of benzene rings is 2. The van der Waals surface area contributed by atoms with Crippen LogP contribution in [0.1, 0.15) is 11.1 Å². The Hall–Kier alpha value is -2.96. The first-order chi connectivity index (χ1) is 10.1. The largest absolute Gasteiger partial charge is 0.353 e. The summed E-state index contributed by atoms with van der Waals surface area (Å²) in [6, 6.07) is 8.97. The van der Waals surface area contributed by atoms with Crippen LogP contribution in [0.25, 0.3) is 11.0 Å². The van der Waals surface area contributed by atoms with Gasteiger partial charge in [-0.2, -0.15) is 0 Å². The molecule has 0 saturated carbocycles. The molecule has 1 aromatic heterocycles. The van der Waals surface area contributed by atoms with E-state index in [-0.39, 0.29) is 11.2 Å². The molecule has 0 amide bonds. The molecule has 21 heavy (non-hydrogen) atoms. The summed E-state index contributed by atoms with van der Waals surface area (Å²) in [6.07, 6.45) is 0. The highest BCUT2D eigenvalue weighted by Gasteiger charge is 2.19. The van der Waals surface area contributed by atoms with Gasteiger partial charge in [-0.05, 0) is 41.9 Å². The van der Waals surface area contributed by atoms with Crippen LogP contribution in [0.5, 0.6) is 0 Å². The normalized spacial score (nSPS) is 10.8. The standard InChI is InChI=1S/C14H12N4O3/c1-8-3-4-10(9(2)7-8)15-11-5-6-12(18(19)20)14-13(11)16-21-17-14/h3-7,15H,1-2H3. The molecule has 1 N–H and O–H groups in total. The average Bonchev–Trinajstić information content (AvgIpc) is 2.91. The first-order valence-corrected chi connectivity index (χ1v) is 6.30. The summed E-state index contributed by atoms with van der Waals surface area (Å²) in [7, 11) is 0. The second-order valence-electron chi connectivity index (χ2n) is 4.79. The summed E-state index contributed by atoms with van der Waals surface area (Å²) in [5, 5.41) is 21.5. The molecule has 3 rings (SSSR count). The van der Waals surface area contributed by atoms with Crippen molar-refractivity contribution in [3.8, 4) is 0 Å². The molecule has 0 fully saturated rings. The summed E-state index contributed by atoms with van der Waals surface area (Å²) in [5.41, 5.74) is 4.09. The van der Waals surface area contributed by atoms with Crippen molar-refractivity contribution in [2.24, 2.45) is 0 Å². The Labute approximate surface area is 119 Å². The van der Waals surface area contributed by atoms with Crippen LogP contribution in [-0.4, -0.2) is 15.2 Å². The number of nitro groups is 1. The second kappa shape index (κ2) is 4.86. The zero-order valence-corrected chi connectivity index (χ0v) is 11.5. The highest BCUT2D eigenvalue weighted by molar-refractivity contribution is 5.95. The lowest BCUT2D eigenvalue weighted by molar-refractivity contribution is -0.383. The number of anilines is 2. The minimum atomic E-state index is -0.507. The number of nitrogens with zero attached hydrogens (tertiary/aromatic N) is 3. The van der Waals surface area contributed by atoms with Crippen LogP contribution < -0.4 is 5.32 Å². The van der Waals surface area contributed by atoms with Crippen molar-refractivity contribution in [3.05, 3.63) is 51.6 Å². The number of hydrogen-bond donors (Lipinski definition) is 1. The van der Waals surface area contributed by atoms with Crippen LogP contribution in [0.2, 0.25) is 0 Å². The van der Waals surface area contributed by atoms with Crippen LogP contribution in [0, 0.1) is 24.0 Å². The summed E-state index contributed by atoms with van der Waals surface area (Å²) >= 11 is 0. The summed E-state index contributed by atoms with van der Waals surface area (Å²) in [6.45, 7) is 4.00. The maximum Gasteiger partial charge on any atom is 0.300 e. The molecule has 7 nitrogen and oxygen atoms in total. The van der Waals surface area contributed by atoms with Gasteiger partial charge in [-0.15, -0.1) is 0 Å².